The normalized spacial score (nSPS) is 17.9. The van der Waals surface area contributed by atoms with Crippen molar-refractivity contribution in [2.75, 3.05) is 6.54 Å². The molecule has 0 spiro atoms. The molecule has 0 radical (unpaired) electrons. The van der Waals surface area contributed by atoms with Crippen molar-refractivity contribution in [2.24, 2.45) is 0 Å². The second-order valence-electron chi connectivity index (χ2n) is 7.35. The van der Waals surface area contributed by atoms with Crippen LogP contribution in [0.5, 0.6) is 0 Å². The van der Waals surface area contributed by atoms with Gasteiger partial charge < -0.3 is 4.52 Å². The highest BCUT2D eigenvalue weighted by atomic mass is 32.2. The summed E-state index contributed by atoms with van der Waals surface area (Å²) in [6.07, 6.45) is 1.43. The van der Waals surface area contributed by atoms with E-state index in [0.29, 0.717) is 29.6 Å². The third kappa shape index (κ3) is 3.36. The molecule has 0 N–H and O–H groups in total. The summed E-state index contributed by atoms with van der Waals surface area (Å²) in [5.74, 6) is 0.829. The lowest BCUT2D eigenvalue weighted by Crippen LogP contribution is -2.31. The van der Waals surface area contributed by atoms with Gasteiger partial charge in [-0.25, -0.2) is 8.42 Å². The zero-order valence-corrected chi connectivity index (χ0v) is 17.0. The molecular weight excluding hydrogens is 374 g/mol. The van der Waals surface area contributed by atoms with Crippen molar-refractivity contribution < 1.29 is 12.9 Å². The molecule has 1 saturated heterocycles. The van der Waals surface area contributed by atoms with Crippen molar-refractivity contribution >= 4 is 10.0 Å². The highest BCUT2D eigenvalue weighted by Gasteiger charge is 2.39. The molecule has 1 aliphatic heterocycles. The van der Waals surface area contributed by atoms with Crippen molar-refractivity contribution in [3.05, 3.63) is 65.0 Å². The summed E-state index contributed by atoms with van der Waals surface area (Å²) in [4.78, 5) is 4.82. The molecule has 0 amide bonds. The monoisotopic (exact) mass is 397 g/mol. The Morgan fingerprint density at radius 1 is 1.07 bits per heavy atom. The SMILES string of the molecule is Cc1cccc(-c2noc([C@H]3CCCN3S(=O)(=O)c3ccc(C)c(C)c3)n2)c1. The van der Waals surface area contributed by atoms with Crippen molar-refractivity contribution in [3.63, 3.8) is 0 Å². The smallest absolute Gasteiger partial charge is 0.245 e. The Labute approximate surface area is 165 Å². The fraction of sp³-hybridized carbons (Fsp3) is 0.333. The fourth-order valence-corrected chi connectivity index (χ4v) is 5.29. The zero-order valence-electron chi connectivity index (χ0n) is 16.2. The Bertz CT molecular complexity index is 1120. The largest absolute Gasteiger partial charge is 0.337 e. The van der Waals surface area contributed by atoms with Gasteiger partial charge in [0.1, 0.15) is 6.04 Å². The first-order chi connectivity index (χ1) is 13.4. The lowest BCUT2D eigenvalue weighted by Gasteiger charge is -2.21. The van der Waals surface area contributed by atoms with Crippen LogP contribution in [-0.2, 0) is 10.0 Å². The molecule has 146 valence electrons. The molecule has 28 heavy (non-hydrogen) atoms. The summed E-state index contributed by atoms with van der Waals surface area (Å²) in [5.41, 5.74) is 3.98. The third-order valence-corrected chi connectivity index (χ3v) is 7.20. The zero-order chi connectivity index (χ0) is 19.9. The lowest BCUT2D eigenvalue weighted by molar-refractivity contribution is 0.290. The van der Waals surface area contributed by atoms with E-state index in [1.54, 1.807) is 12.1 Å². The summed E-state index contributed by atoms with van der Waals surface area (Å²) in [7, 11) is -3.63. The number of rotatable bonds is 4. The highest BCUT2D eigenvalue weighted by molar-refractivity contribution is 7.89. The van der Waals surface area contributed by atoms with Gasteiger partial charge in [0.25, 0.3) is 0 Å². The minimum atomic E-state index is -3.63. The summed E-state index contributed by atoms with van der Waals surface area (Å²) in [5, 5.41) is 4.08. The number of hydrogen-bond acceptors (Lipinski definition) is 5. The first kappa shape index (κ1) is 18.8. The van der Waals surface area contributed by atoms with E-state index in [2.05, 4.69) is 10.1 Å². The second-order valence-corrected chi connectivity index (χ2v) is 9.24. The summed E-state index contributed by atoms with van der Waals surface area (Å²) >= 11 is 0. The van der Waals surface area contributed by atoms with E-state index in [1.165, 1.54) is 4.31 Å². The molecule has 7 heteroatoms. The van der Waals surface area contributed by atoms with E-state index in [0.717, 1.165) is 28.7 Å². The summed E-state index contributed by atoms with van der Waals surface area (Å²) < 4.78 is 33.4. The molecule has 1 aliphatic rings. The predicted octanol–water partition coefficient (Wildman–Crippen LogP) is 4.19. The Hall–Kier alpha value is -2.51. The van der Waals surface area contributed by atoms with Gasteiger partial charge in [-0.15, -0.1) is 0 Å². The van der Waals surface area contributed by atoms with Crippen molar-refractivity contribution in [3.8, 4) is 11.4 Å². The van der Waals surface area contributed by atoms with Crippen LogP contribution in [0.15, 0.2) is 51.9 Å². The third-order valence-electron chi connectivity index (χ3n) is 5.29. The Kier molecular flexibility index (Phi) is 4.81. The summed E-state index contributed by atoms with van der Waals surface area (Å²) in [6, 6.07) is 12.6. The van der Waals surface area contributed by atoms with E-state index in [9.17, 15) is 8.42 Å². The van der Waals surface area contributed by atoms with Gasteiger partial charge in [-0.3, -0.25) is 0 Å². The van der Waals surface area contributed by atoms with Crippen molar-refractivity contribution in [2.45, 2.75) is 44.6 Å². The van der Waals surface area contributed by atoms with Crippen molar-refractivity contribution in [1.82, 2.24) is 14.4 Å². The second kappa shape index (κ2) is 7.14. The summed E-state index contributed by atoms with van der Waals surface area (Å²) in [6.45, 7) is 6.33. The molecule has 0 bridgehead atoms. The van der Waals surface area contributed by atoms with E-state index in [-0.39, 0.29) is 0 Å². The molecular formula is C21H23N3O3S. The quantitative estimate of drug-likeness (QED) is 0.660. The van der Waals surface area contributed by atoms with E-state index >= 15 is 0 Å². The number of nitrogens with zero attached hydrogens (tertiary/aromatic N) is 3. The van der Waals surface area contributed by atoms with Gasteiger partial charge in [0.2, 0.25) is 21.7 Å². The van der Waals surface area contributed by atoms with Gasteiger partial charge in [-0.1, -0.05) is 35.0 Å². The van der Waals surface area contributed by atoms with Crippen LogP contribution in [0, 0.1) is 20.8 Å². The maximum Gasteiger partial charge on any atom is 0.245 e. The van der Waals surface area contributed by atoms with E-state index in [4.69, 9.17) is 4.52 Å². The number of aromatic nitrogens is 2. The molecule has 2 aromatic carbocycles. The minimum absolute atomic E-state index is 0.306. The lowest BCUT2D eigenvalue weighted by atomic mass is 10.1. The molecule has 1 fully saturated rings. The van der Waals surface area contributed by atoms with E-state index in [1.807, 2.05) is 51.1 Å². The van der Waals surface area contributed by atoms with Crippen LogP contribution < -0.4 is 0 Å². The van der Waals surface area contributed by atoms with Crippen LogP contribution in [0.4, 0.5) is 0 Å². The Morgan fingerprint density at radius 2 is 1.89 bits per heavy atom. The van der Waals surface area contributed by atoms with Crippen LogP contribution in [0.1, 0.15) is 41.5 Å². The van der Waals surface area contributed by atoms with Gasteiger partial charge in [-0.2, -0.15) is 9.29 Å². The standard InChI is InChI=1S/C21H23N3O3S/c1-14-6-4-7-17(12-14)20-22-21(27-23-20)19-8-5-11-24(19)28(25,26)18-10-9-15(2)16(3)13-18/h4,6-7,9-10,12-13,19H,5,8,11H2,1-3H3/t19-/m1/s1. The molecule has 2 heterocycles. The number of aryl methyl sites for hydroxylation is 3. The Balaban J connectivity index is 1.66. The van der Waals surface area contributed by atoms with Gasteiger partial charge in [0, 0.05) is 12.1 Å². The minimum Gasteiger partial charge on any atom is -0.337 e. The molecule has 3 aromatic rings. The van der Waals surface area contributed by atoms with Crippen LogP contribution in [0.3, 0.4) is 0 Å². The maximum absolute atomic E-state index is 13.2. The molecule has 1 aromatic heterocycles. The Morgan fingerprint density at radius 3 is 2.64 bits per heavy atom. The van der Waals surface area contributed by atoms with Crippen LogP contribution in [-0.4, -0.2) is 29.4 Å². The molecule has 0 saturated carbocycles. The first-order valence-corrected chi connectivity index (χ1v) is 10.8. The van der Waals surface area contributed by atoms with Crippen LogP contribution in [0.25, 0.3) is 11.4 Å². The molecule has 4 rings (SSSR count). The van der Waals surface area contributed by atoms with Gasteiger partial charge in [0.05, 0.1) is 4.90 Å². The van der Waals surface area contributed by atoms with Gasteiger partial charge >= 0.3 is 0 Å². The van der Waals surface area contributed by atoms with Gasteiger partial charge in [0.15, 0.2) is 0 Å². The highest BCUT2D eigenvalue weighted by Crippen LogP contribution is 2.36. The number of hydrogen-bond donors (Lipinski definition) is 0. The molecule has 1 atom stereocenters. The number of benzene rings is 2. The average molecular weight is 398 g/mol. The molecule has 0 aliphatic carbocycles. The van der Waals surface area contributed by atoms with Crippen molar-refractivity contribution in [1.29, 1.82) is 0 Å². The molecule has 6 nitrogen and oxygen atoms in total. The number of sulfonamides is 1. The van der Waals surface area contributed by atoms with Crippen LogP contribution >= 0.6 is 0 Å². The van der Waals surface area contributed by atoms with Crippen LogP contribution in [0.2, 0.25) is 0 Å². The van der Waals surface area contributed by atoms with Gasteiger partial charge in [-0.05, 0) is 62.9 Å². The fourth-order valence-electron chi connectivity index (χ4n) is 3.56. The van der Waals surface area contributed by atoms with E-state index < -0.39 is 16.1 Å². The predicted molar refractivity (Wildman–Crippen MR) is 106 cm³/mol. The first-order valence-electron chi connectivity index (χ1n) is 9.36. The molecule has 0 unspecified atom stereocenters. The average Bonchev–Trinajstić information content (AvgIpc) is 3.33. The topological polar surface area (TPSA) is 76.3 Å². The maximum atomic E-state index is 13.2.